The fourth-order valence-corrected chi connectivity index (χ4v) is 2.48. The number of carbonyl (C=O) groups excluding carboxylic acids is 2. The maximum absolute atomic E-state index is 11.3. The summed E-state index contributed by atoms with van der Waals surface area (Å²) in [6, 6.07) is -0.0480. The fourth-order valence-electron chi connectivity index (χ4n) is 2.48. The maximum Gasteiger partial charge on any atom is 0.407 e. The molecule has 3 atom stereocenters. The normalized spacial score (nSPS) is 24.8. The van der Waals surface area contributed by atoms with Crippen molar-refractivity contribution in [2.24, 2.45) is 5.92 Å². The second-order valence-corrected chi connectivity index (χ2v) is 5.31. The molecule has 0 aliphatic carbocycles. The van der Waals surface area contributed by atoms with Gasteiger partial charge in [0.15, 0.2) is 0 Å². The second-order valence-electron chi connectivity index (χ2n) is 5.31. The number of alkyl carbamates (subject to hydrolysis) is 1. The highest BCUT2D eigenvalue weighted by atomic mass is 16.5. The minimum absolute atomic E-state index is 0.0480. The zero-order chi connectivity index (χ0) is 15.1. The summed E-state index contributed by atoms with van der Waals surface area (Å²) in [5.74, 6) is 0.0431. The summed E-state index contributed by atoms with van der Waals surface area (Å²) in [4.78, 5) is 24.3. The van der Waals surface area contributed by atoms with Gasteiger partial charge < -0.3 is 20.5 Å². The summed E-state index contributed by atoms with van der Waals surface area (Å²) in [6.45, 7) is 5.96. The summed E-state index contributed by atoms with van der Waals surface area (Å²) in [5, 5.41) is 15.3. The first-order valence-electron chi connectivity index (χ1n) is 6.91. The van der Waals surface area contributed by atoms with E-state index in [0.717, 1.165) is 13.0 Å². The molecule has 1 fully saturated rings. The summed E-state index contributed by atoms with van der Waals surface area (Å²) in [5.41, 5.74) is 0. The quantitative estimate of drug-likeness (QED) is 0.637. The van der Waals surface area contributed by atoms with E-state index in [-0.39, 0.29) is 17.9 Å². The van der Waals surface area contributed by atoms with Gasteiger partial charge in [0.2, 0.25) is 5.91 Å². The molecule has 116 valence electrons. The van der Waals surface area contributed by atoms with E-state index < -0.39 is 12.2 Å². The number of hydrogen-bond acceptors (Lipinski definition) is 5. The van der Waals surface area contributed by atoms with Crippen LogP contribution in [0.25, 0.3) is 0 Å². The molecular weight excluding hydrogens is 262 g/mol. The molecule has 1 aliphatic rings. The Morgan fingerprint density at radius 2 is 2.15 bits per heavy atom. The Kier molecular flexibility index (Phi) is 6.74. The van der Waals surface area contributed by atoms with E-state index in [1.54, 1.807) is 6.92 Å². The van der Waals surface area contributed by atoms with E-state index in [1.165, 1.54) is 14.0 Å². The predicted octanol–water partition coefficient (Wildman–Crippen LogP) is -0.450. The number of methoxy groups -OCH3 is 1. The average molecular weight is 287 g/mol. The van der Waals surface area contributed by atoms with Gasteiger partial charge >= 0.3 is 6.09 Å². The minimum Gasteiger partial charge on any atom is -0.453 e. The van der Waals surface area contributed by atoms with Crippen molar-refractivity contribution >= 4 is 12.0 Å². The first-order chi connectivity index (χ1) is 9.42. The number of nitrogens with one attached hydrogen (secondary N) is 2. The van der Waals surface area contributed by atoms with Crippen molar-refractivity contribution in [3.63, 3.8) is 0 Å². The van der Waals surface area contributed by atoms with Crippen LogP contribution in [-0.2, 0) is 9.53 Å². The van der Waals surface area contributed by atoms with Crippen LogP contribution < -0.4 is 10.6 Å². The van der Waals surface area contributed by atoms with Gasteiger partial charge in [-0.15, -0.1) is 0 Å². The lowest BCUT2D eigenvalue weighted by Gasteiger charge is -2.39. The molecule has 0 bridgehead atoms. The molecule has 20 heavy (non-hydrogen) atoms. The van der Waals surface area contributed by atoms with Gasteiger partial charge in [0.25, 0.3) is 0 Å². The molecule has 1 rings (SSSR count). The molecule has 0 aromatic rings. The van der Waals surface area contributed by atoms with Crippen molar-refractivity contribution < 1.29 is 19.4 Å². The number of rotatable bonds is 5. The van der Waals surface area contributed by atoms with Crippen LogP contribution in [0.4, 0.5) is 4.79 Å². The summed E-state index contributed by atoms with van der Waals surface area (Å²) in [6.07, 6.45) is -0.160. The van der Waals surface area contributed by atoms with Crippen LogP contribution >= 0.6 is 0 Å². The number of hydrogen-bond donors (Lipinski definition) is 3. The van der Waals surface area contributed by atoms with Crippen LogP contribution in [0.15, 0.2) is 0 Å². The lowest BCUT2D eigenvalue weighted by Crippen LogP contribution is -2.53. The maximum atomic E-state index is 11.3. The summed E-state index contributed by atoms with van der Waals surface area (Å²) >= 11 is 0. The summed E-state index contributed by atoms with van der Waals surface area (Å²) in [7, 11) is 1.33. The molecule has 7 nitrogen and oxygen atoms in total. The molecule has 0 spiro atoms. The van der Waals surface area contributed by atoms with Crippen LogP contribution in [0.1, 0.15) is 20.3 Å². The van der Waals surface area contributed by atoms with E-state index in [4.69, 9.17) is 0 Å². The largest absolute Gasteiger partial charge is 0.453 e. The van der Waals surface area contributed by atoms with Gasteiger partial charge in [-0.05, 0) is 19.3 Å². The Morgan fingerprint density at radius 1 is 1.45 bits per heavy atom. The predicted molar refractivity (Wildman–Crippen MR) is 74.2 cm³/mol. The van der Waals surface area contributed by atoms with Crippen molar-refractivity contribution in [2.75, 3.05) is 33.3 Å². The first-order valence-corrected chi connectivity index (χ1v) is 6.91. The molecule has 3 unspecified atom stereocenters. The minimum atomic E-state index is -0.456. The van der Waals surface area contributed by atoms with Crippen LogP contribution in [-0.4, -0.2) is 67.4 Å². The number of nitrogens with zero attached hydrogens (tertiary/aromatic N) is 1. The molecule has 0 aromatic carbocycles. The van der Waals surface area contributed by atoms with E-state index in [9.17, 15) is 14.7 Å². The molecular formula is C13H25N3O4. The van der Waals surface area contributed by atoms with Gasteiger partial charge in [0.1, 0.15) is 0 Å². The molecule has 2 amide bonds. The van der Waals surface area contributed by atoms with Crippen LogP contribution in [0, 0.1) is 5.92 Å². The number of aliphatic hydroxyl groups excluding tert-OH is 1. The molecule has 1 aliphatic heterocycles. The smallest absolute Gasteiger partial charge is 0.407 e. The number of likely N-dealkylation sites (tertiary alicyclic amines) is 1. The number of piperidine rings is 1. The third-order valence-corrected chi connectivity index (χ3v) is 3.55. The standard InChI is InChI=1S/C13H25N3O4/c1-9(17)11-6-12(15-13(19)20-3)8-16(7-11)5-4-14-10(2)18/h9,11-12,17H,4-8H2,1-3H3,(H,14,18)(H,15,19). The van der Waals surface area contributed by atoms with Crippen molar-refractivity contribution in [3.05, 3.63) is 0 Å². The molecule has 7 heteroatoms. The Labute approximate surface area is 119 Å². The zero-order valence-electron chi connectivity index (χ0n) is 12.4. The van der Waals surface area contributed by atoms with Gasteiger partial charge in [-0.1, -0.05) is 0 Å². The third kappa shape index (κ3) is 5.75. The number of aliphatic hydroxyl groups is 1. The number of amides is 2. The monoisotopic (exact) mass is 287 g/mol. The second kappa shape index (κ2) is 8.06. The van der Waals surface area contributed by atoms with Crippen molar-refractivity contribution in [3.8, 4) is 0 Å². The van der Waals surface area contributed by atoms with Crippen LogP contribution in [0.2, 0.25) is 0 Å². The SMILES string of the molecule is COC(=O)NC1CC(C(C)O)CN(CCNC(C)=O)C1. The van der Waals surface area contributed by atoms with Crippen molar-refractivity contribution in [1.29, 1.82) is 0 Å². The zero-order valence-corrected chi connectivity index (χ0v) is 12.4. The fraction of sp³-hybridized carbons (Fsp3) is 0.846. The topological polar surface area (TPSA) is 90.9 Å². The van der Waals surface area contributed by atoms with Crippen molar-refractivity contribution in [1.82, 2.24) is 15.5 Å². The highest BCUT2D eigenvalue weighted by molar-refractivity contribution is 5.72. The average Bonchev–Trinajstić information content (AvgIpc) is 2.37. The van der Waals surface area contributed by atoms with Gasteiger partial charge in [0, 0.05) is 39.1 Å². The Balaban J connectivity index is 2.51. The highest BCUT2D eigenvalue weighted by Crippen LogP contribution is 2.20. The first kappa shape index (κ1) is 16.7. The molecule has 0 aromatic heterocycles. The number of carbonyl (C=O) groups is 2. The molecule has 1 saturated heterocycles. The molecule has 3 N–H and O–H groups in total. The van der Waals surface area contributed by atoms with Crippen LogP contribution in [0.3, 0.4) is 0 Å². The van der Waals surface area contributed by atoms with Gasteiger partial charge in [-0.3, -0.25) is 9.69 Å². The lowest BCUT2D eigenvalue weighted by molar-refractivity contribution is -0.119. The van der Waals surface area contributed by atoms with Crippen molar-refractivity contribution in [2.45, 2.75) is 32.4 Å². The molecule has 0 radical (unpaired) electrons. The van der Waals surface area contributed by atoms with Crippen LogP contribution in [0.5, 0.6) is 0 Å². The lowest BCUT2D eigenvalue weighted by atomic mass is 9.90. The highest BCUT2D eigenvalue weighted by Gasteiger charge is 2.30. The molecule has 0 saturated carbocycles. The van der Waals surface area contributed by atoms with E-state index in [1.807, 2.05) is 0 Å². The Morgan fingerprint density at radius 3 is 2.70 bits per heavy atom. The van der Waals surface area contributed by atoms with E-state index in [0.29, 0.717) is 19.6 Å². The van der Waals surface area contributed by atoms with Gasteiger partial charge in [-0.2, -0.15) is 0 Å². The Hall–Kier alpha value is -1.34. The third-order valence-electron chi connectivity index (χ3n) is 3.55. The van der Waals surface area contributed by atoms with E-state index in [2.05, 4.69) is 20.3 Å². The molecule has 1 heterocycles. The van der Waals surface area contributed by atoms with E-state index >= 15 is 0 Å². The summed E-state index contributed by atoms with van der Waals surface area (Å²) < 4.78 is 4.61. The van der Waals surface area contributed by atoms with Gasteiger partial charge in [0.05, 0.1) is 13.2 Å². The van der Waals surface area contributed by atoms with Gasteiger partial charge in [-0.25, -0.2) is 4.79 Å². The number of ether oxygens (including phenoxy) is 1. The Bertz CT molecular complexity index is 336.